The van der Waals surface area contributed by atoms with Crippen LogP contribution in [0.2, 0.25) is 0 Å². The fraction of sp³-hybridized carbons (Fsp3) is 0.722. The van der Waals surface area contributed by atoms with Crippen molar-refractivity contribution in [3.8, 4) is 11.8 Å². The molecular formula is C18H28O3. The van der Waals surface area contributed by atoms with E-state index in [2.05, 4.69) is 25.3 Å². The fourth-order valence-electron chi connectivity index (χ4n) is 2.41. The van der Waals surface area contributed by atoms with Crippen LogP contribution in [0.25, 0.3) is 0 Å². The number of hydrogen-bond acceptors (Lipinski definition) is 3. The summed E-state index contributed by atoms with van der Waals surface area (Å²) in [5.74, 6) is 6.14. The van der Waals surface area contributed by atoms with Gasteiger partial charge in [0.15, 0.2) is 5.60 Å². The topological polar surface area (TPSA) is 38.8 Å². The monoisotopic (exact) mass is 292 g/mol. The molecule has 0 radical (unpaired) electrons. The highest BCUT2D eigenvalue weighted by atomic mass is 16.6. The molecule has 1 fully saturated rings. The summed E-state index contributed by atoms with van der Waals surface area (Å²) in [6, 6.07) is 0. The molecule has 1 saturated heterocycles. The molecule has 1 rings (SSSR count). The largest absolute Gasteiger partial charge is 0.460 e. The van der Waals surface area contributed by atoms with Crippen molar-refractivity contribution in [3.63, 3.8) is 0 Å². The zero-order chi connectivity index (χ0) is 15.7. The number of epoxide rings is 1. The highest BCUT2D eigenvalue weighted by Crippen LogP contribution is 2.40. The Kier molecular flexibility index (Phi) is 7.53. The van der Waals surface area contributed by atoms with Gasteiger partial charge in [0.05, 0.1) is 0 Å². The lowest BCUT2D eigenvalue weighted by Crippen LogP contribution is -2.26. The first-order chi connectivity index (χ1) is 10.0. The SMILES string of the molecule is C=CCC[C@H](OC(C)=O)[C@H]1O[C@@]1(C)C#CCCCCCC. The molecule has 1 aliphatic rings. The molecular weight excluding hydrogens is 264 g/mol. The van der Waals surface area contributed by atoms with Crippen molar-refractivity contribution in [2.75, 3.05) is 0 Å². The summed E-state index contributed by atoms with van der Waals surface area (Å²) in [5.41, 5.74) is -0.452. The number of carbonyl (C=O) groups is 1. The van der Waals surface area contributed by atoms with Gasteiger partial charge in [-0.2, -0.15) is 0 Å². The number of allylic oxidation sites excluding steroid dienone is 1. The van der Waals surface area contributed by atoms with Crippen LogP contribution in [0.4, 0.5) is 0 Å². The van der Waals surface area contributed by atoms with Crippen LogP contribution >= 0.6 is 0 Å². The molecule has 3 nitrogen and oxygen atoms in total. The first kappa shape index (κ1) is 17.8. The van der Waals surface area contributed by atoms with E-state index in [0.29, 0.717) is 0 Å². The Hall–Kier alpha value is -1.27. The molecule has 21 heavy (non-hydrogen) atoms. The minimum Gasteiger partial charge on any atom is -0.460 e. The van der Waals surface area contributed by atoms with Gasteiger partial charge in [0.2, 0.25) is 0 Å². The number of ether oxygens (including phenoxy) is 2. The van der Waals surface area contributed by atoms with E-state index in [4.69, 9.17) is 9.47 Å². The molecule has 0 N–H and O–H groups in total. The third-order valence-corrected chi connectivity index (χ3v) is 3.66. The van der Waals surface area contributed by atoms with Crippen molar-refractivity contribution in [1.82, 2.24) is 0 Å². The van der Waals surface area contributed by atoms with Gasteiger partial charge in [-0.15, -0.1) is 12.5 Å². The Morgan fingerprint density at radius 3 is 2.86 bits per heavy atom. The molecule has 1 aliphatic heterocycles. The third kappa shape index (κ3) is 6.35. The van der Waals surface area contributed by atoms with Crippen molar-refractivity contribution in [1.29, 1.82) is 0 Å². The molecule has 3 heteroatoms. The van der Waals surface area contributed by atoms with E-state index in [0.717, 1.165) is 25.7 Å². The molecule has 0 aromatic heterocycles. The molecule has 1 heterocycles. The zero-order valence-corrected chi connectivity index (χ0v) is 13.6. The maximum absolute atomic E-state index is 11.2. The molecule has 0 unspecified atom stereocenters. The Labute approximate surface area is 129 Å². The Morgan fingerprint density at radius 2 is 2.24 bits per heavy atom. The van der Waals surface area contributed by atoms with Crippen molar-refractivity contribution in [2.45, 2.75) is 83.5 Å². The van der Waals surface area contributed by atoms with Crippen molar-refractivity contribution in [2.24, 2.45) is 0 Å². The van der Waals surface area contributed by atoms with Crippen LogP contribution in [-0.4, -0.2) is 23.8 Å². The zero-order valence-electron chi connectivity index (χ0n) is 13.6. The highest BCUT2D eigenvalue weighted by Gasteiger charge is 2.56. The summed E-state index contributed by atoms with van der Waals surface area (Å²) < 4.78 is 11.1. The van der Waals surface area contributed by atoms with Crippen molar-refractivity contribution < 1.29 is 14.3 Å². The predicted octanol–water partition coefficient (Wildman–Crippen LogP) is 4.02. The van der Waals surface area contributed by atoms with E-state index in [-0.39, 0.29) is 18.2 Å². The second-order valence-corrected chi connectivity index (χ2v) is 5.77. The summed E-state index contributed by atoms with van der Waals surface area (Å²) in [7, 11) is 0. The molecule has 0 aliphatic carbocycles. The van der Waals surface area contributed by atoms with E-state index < -0.39 is 5.60 Å². The predicted molar refractivity (Wildman–Crippen MR) is 84.8 cm³/mol. The molecule has 0 bridgehead atoms. The van der Waals surface area contributed by atoms with Crippen LogP contribution in [0, 0.1) is 11.8 Å². The van der Waals surface area contributed by atoms with Gasteiger partial charge in [0, 0.05) is 13.3 Å². The lowest BCUT2D eigenvalue weighted by atomic mass is 10.0. The quantitative estimate of drug-likeness (QED) is 0.212. The van der Waals surface area contributed by atoms with Gasteiger partial charge in [0.25, 0.3) is 0 Å². The maximum atomic E-state index is 11.2. The first-order valence-corrected chi connectivity index (χ1v) is 7.99. The molecule has 3 atom stereocenters. The van der Waals surface area contributed by atoms with Gasteiger partial charge in [-0.25, -0.2) is 0 Å². The third-order valence-electron chi connectivity index (χ3n) is 3.66. The first-order valence-electron chi connectivity index (χ1n) is 7.99. The molecule has 0 amide bonds. The number of hydrogen-bond donors (Lipinski definition) is 0. The van der Waals surface area contributed by atoms with E-state index in [1.54, 1.807) is 0 Å². The van der Waals surface area contributed by atoms with E-state index in [9.17, 15) is 4.79 Å². The normalized spacial score (nSPS) is 24.6. The average molecular weight is 292 g/mol. The minimum absolute atomic E-state index is 0.107. The number of esters is 1. The van der Waals surface area contributed by atoms with Crippen LogP contribution in [0.5, 0.6) is 0 Å². The van der Waals surface area contributed by atoms with Crippen molar-refractivity contribution >= 4 is 5.97 Å². The lowest BCUT2D eigenvalue weighted by molar-refractivity contribution is -0.147. The second-order valence-electron chi connectivity index (χ2n) is 5.77. The van der Waals surface area contributed by atoms with Gasteiger partial charge < -0.3 is 9.47 Å². The number of unbranched alkanes of at least 4 members (excludes halogenated alkanes) is 4. The van der Waals surface area contributed by atoms with E-state index >= 15 is 0 Å². The maximum Gasteiger partial charge on any atom is 0.302 e. The highest BCUT2D eigenvalue weighted by molar-refractivity contribution is 5.66. The van der Waals surface area contributed by atoms with Crippen LogP contribution in [0.1, 0.15) is 65.7 Å². The van der Waals surface area contributed by atoms with Crippen LogP contribution in [-0.2, 0) is 14.3 Å². The van der Waals surface area contributed by atoms with Gasteiger partial charge in [-0.05, 0) is 26.2 Å². The van der Waals surface area contributed by atoms with Crippen LogP contribution < -0.4 is 0 Å². The van der Waals surface area contributed by atoms with Crippen LogP contribution in [0.3, 0.4) is 0 Å². The molecule has 0 saturated carbocycles. The average Bonchev–Trinajstić information content (AvgIpc) is 3.10. The summed E-state index contributed by atoms with van der Waals surface area (Å²) in [6.45, 7) is 9.31. The van der Waals surface area contributed by atoms with Gasteiger partial charge in [-0.3, -0.25) is 4.79 Å². The summed E-state index contributed by atoms with van der Waals surface area (Å²) in [6.07, 6.45) is 8.85. The van der Waals surface area contributed by atoms with Gasteiger partial charge >= 0.3 is 5.97 Å². The Morgan fingerprint density at radius 1 is 1.48 bits per heavy atom. The van der Waals surface area contributed by atoms with Gasteiger partial charge in [-0.1, -0.05) is 38.2 Å². The summed E-state index contributed by atoms with van der Waals surface area (Å²) in [4.78, 5) is 11.2. The summed E-state index contributed by atoms with van der Waals surface area (Å²) in [5, 5.41) is 0. The molecule has 118 valence electrons. The Bertz CT molecular complexity index is 404. The van der Waals surface area contributed by atoms with E-state index in [1.807, 2.05) is 13.0 Å². The Balaban J connectivity index is 2.43. The standard InChI is InChI=1S/C18H28O3/c1-5-7-9-10-11-12-14-18(4)17(21-18)16(13-8-6-2)20-15(3)19/h6,16-17H,2,5,7-11,13H2,1,3-4H3/t16-,17+,18-/m0/s1. The minimum atomic E-state index is -0.452. The number of rotatable bonds is 9. The molecule has 0 spiro atoms. The fourth-order valence-corrected chi connectivity index (χ4v) is 2.41. The molecule has 0 aromatic carbocycles. The van der Waals surface area contributed by atoms with Crippen molar-refractivity contribution in [3.05, 3.63) is 12.7 Å². The molecule has 0 aromatic rings. The second kappa shape index (κ2) is 8.89. The smallest absolute Gasteiger partial charge is 0.302 e. The summed E-state index contributed by atoms with van der Waals surface area (Å²) >= 11 is 0. The van der Waals surface area contributed by atoms with Gasteiger partial charge in [0.1, 0.15) is 12.2 Å². The van der Waals surface area contributed by atoms with Crippen LogP contribution in [0.15, 0.2) is 12.7 Å². The number of carbonyl (C=O) groups excluding carboxylic acids is 1. The lowest BCUT2D eigenvalue weighted by Gasteiger charge is -2.14. The van der Waals surface area contributed by atoms with E-state index in [1.165, 1.54) is 26.2 Å².